The van der Waals surface area contributed by atoms with Crippen molar-refractivity contribution >= 4 is 23.5 Å². The molecule has 0 aromatic carbocycles. The maximum atomic E-state index is 6.41. The second kappa shape index (κ2) is 10.1. The fraction of sp³-hybridized carbons (Fsp3) is 0.636. The van der Waals surface area contributed by atoms with E-state index in [0.29, 0.717) is 45.8 Å². The highest BCUT2D eigenvalue weighted by Gasteiger charge is 2.37. The van der Waals surface area contributed by atoms with Crippen molar-refractivity contribution in [2.75, 3.05) is 37.4 Å². The van der Waals surface area contributed by atoms with Crippen LogP contribution in [0.5, 0.6) is 0 Å². The summed E-state index contributed by atoms with van der Waals surface area (Å²) in [5.74, 6) is 1.20. The number of nitrogens with zero attached hydrogens (tertiary/aromatic N) is 4. The summed E-state index contributed by atoms with van der Waals surface area (Å²) in [6, 6.07) is 2.75. The molecule has 9 heteroatoms. The Morgan fingerprint density at radius 3 is 2.61 bits per heavy atom. The minimum absolute atomic E-state index is 0.358. The van der Waals surface area contributed by atoms with Gasteiger partial charge in [0.15, 0.2) is 0 Å². The molecule has 2 fully saturated rings. The number of hydrogen-bond donors (Lipinski definition) is 3. The molecule has 0 aliphatic heterocycles. The van der Waals surface area contributed by atoms with Crippen molar-refractivity contribution in [2.45, 2.75) is 57.5 Å². The monoisotopic (exact) mass is 445 g/mol. The number of methoxy groups -OCH3 is 1. The summed E-state index contributed by atoms with van der Waals surface area (Å²) < 4.78 is 5.11. The third-order valence-electron chi connectivity index (χ3n) is 6.22. The molecule has 0 atom stereocenters. The molecule has 0 amide bonds. The Kier molecular flexibility index (Phi) is 7.20. The zero-order valence-corrected chi connectivity index (χ0v) is 19.1. The van der Waals surface area contributed by atoms with Gasteiger partial charge < -0.3 is 20.7 Å². The second-order valence-electron chi connectivity index (χ2n) is 8.96. The van der Waals surface area contributed by atoms with Crippen molar-refractivity contribution in [2.24, 2.45) is 5.41 Å². The lowest BCUT2D eigenvalue weighted by Crippen LogP contribution is -2.38. The summed E-state index contributed by atoms with van der Waals surface area (Å²) >= 11 is 6.41. The quantitative estimate of drug-likeness (QED) is 0.475. The molecule has 2 heterocycles. The van der Waals surface area contributed by atoms with Gasteiger partial charge in [-0.15, -0.1) is 0 Å². The summed E-state index contributed by atoms with van der Waals surface area (Å²) in [6.45, 7) is 4.80. The van der Waals surface area contributed by atoms with E-state index in [-0.39, 0.29) is 0 Å². The smallest absolute Gasteiger partial charge is 0.223 e. The van der Waals surface area contributed by atoms with E-state index in [4.69, 9.17) is 16.3 Å². The molecule has 2 aromatic heterocycles. The first-order valence-electron chi connectivity index (χ1n) is 11.1. The van der Waals surface area contributed by atoms with E-state index in [9.17, 15) is 0 Å². The normalized spacial score (nSPS) is 22.2. The first-order chi connectivity index (χ1) is 15.0. The van der Waals surface area contributed by atoms with Gasteiger partial charge in [0.2, 0.25) is 11.9 Å². The maximum Gasteiger partial charge on any atom is 0.223 e. The van der Waals surface area contributed by atoms with Gasteiger partial charge in [0, 0.05) is 38.5 Å². The van der Waals surface area contributed by atoms with E-state index in [1.54, 1.807) is 19.5 Å². The highest BCUT2D eigenvalue weighted by atomic mass is 35.5. The van der Waals surface area contributed by atoms with E-state index in [1.165, 1.54) is 12.8 Å². The molecule has 0 unspecified atom stereocenters. The van der Waals surface area contributed by atoms with Crippen LogP contribution in [-0.2, 0) is 4.74 Å². The third-order valence-corrected chi connectivity index (χ3v) is 6.50. The minimum atomic E-state index is 0.358. The van der Waals surface area contributed by atoms with Crippen molar-refractivity contribution in [1.29, 1.82) is 0 Å². The largest absolute Gasteiger partial charge is 0.383 e. The van der Waals surface area contributed by atoms with Gasteiger partial charge >= 0.3 is 0 Å². The van der Waals surface area contributed by atoms with Crippen LogP contribution >= 0.6 is 11.6 Å². The Balaban J connectivity index is 1.36. The van der Waals surface area contributed by atoms with Crippen LogP contribution in [0.2, 0.25) is 5.02 Å². The first-order valence-corrected chi connectivity index (χ1v) is 11.5. The number of anilines is 2. The molecule has 168 valence electrons. The highest BCUT2D eigenvalue weighted by molar-refractivity contribution is 6.32. The van der Waals surface area contributed by atoms with Crippen LogP contribution < -0.4 is 16.0 Å². The van der Waals surface area contributed by atoms with Gasteiger partial charge in [-0.05, 0) is 50.0 Å². The lowest BCUT2D eigenvalue weighted by molar-refractivity contribution is 0.191. The SMILES string of the molecule is COCCNC1CCC(Nc2ncc(Cl)c(-c3ccnc(NCC4(C)CC4)n3)n2)CC1. The van der Waals surface area contributed by atoms with Crippen molar-refractivity contribution in [3.63, 3.8) is 0 Å². The molecule has 0 saturated heterocycles. The first kappa shape index (κ1) is 22.2. The number of halogens is 1. The van der Waals surface area contributed by atoms with E-state index < -0.39 is 0 Å². The Labute approximate surface area is 189 Å². The van der Waals surface area contributed by atoms with E-state index in [2.05, 4.69) is 42.8 Å². The number of aromatic nitrogens is 4. The predicted molar refractivity (Wildman–Crippen MR) is 123 cm³/mol. The summed E-state index contributed by atoms with van der Waals surface area (Å²) in [5, 5.41) is 10.9. The summed E-state index contributed by atoms with van der Waals surface area (Å²) in [6.07, 6.45) is 10.3. The molecule has 31 heavy (non-hydrogen) atoms. The Morgan fingerprint density at radius 1 is 1.10 bits per heavy atom. The van der Waals surface area contributed by atoms with Crippen LogP contribution in [0.1, 0.15) is 45.4 Å². The molecule has 8 nitrogen and oxygen atoms in total. The molecule has 2 aromatic rings. The fourth-order valence-electron chi connectivity index (χ4n) is 3.86. The van der Waals surface area contributed by atoms with Gasteiger partial charge in [-0.1, -0.05) is 18.5 Å². The third kappa shape index (κ3) is 6.24. The van der Waals surface area contributed by atoms with E-state index >= 15 is 0 Å². The molecular formula is C22H32ClN7O. The molecule has 0 bridgehead atoms. The van der Waals surface area contributed by atoms with Crippen LogP contribution in [0.3, 0.4) is 0 Å². The van der Waals surface area contributed by atoms with Crippen LogP contribution in [0.25, 0.3) is 11.4 Å². The Hall–Kier alpha value is -2.03. The summed E-state index contributed by atoms with van der Waals surface area (Å²) in [5.41, 5.74) is 1.69. The van der Waals surface area contributed by atoms with Crippen LogP contribution in [-0.4, -0.2) is 58.8 Å². The minimum Gasteiger partial charge on any atom is -0.383 e. The van der Waals surface area contributed by atoms with Crippen LogP contribution in [0.4, 0.5) is 11.9 Å². The van der Waals surface area contributed by atoms with Crippen LogP contribution in [0, 0.1) is 5.41 Å². The standard InChI is InChI=1S/C22H32ClN7O/c1-22(8-9-22)14-27-20-25-10-7-18(29-20)19-17(23)13-26-21(30-19)28-16-5-3-15(4-6-16)24-11-12-31-2/h7,10,13,15-16,24H,3-6,8-9,11-12,14H2,1-2H3,(H,25,27,29)(H,26,28,30). The molecular weight excluding hydrogens is 414 g/mol. The molecule has 0 radical (unpaired) electrons. The fourth-order valence-corrected chi connectivity index (χ4v) is 4.05. The van der Waals surface area contributed by atoms with Crippen molar-refractivity contribution in [3.05, 3.63) is 23.5 Å². The van der Waals surface area contributed by atoms with Crippen molar-refractivity contribution in [3.8, 4) is 11.4 Å². The molecule has 2 aliphatic rings. The zero-order chi connectivity index (χ0) is 21.7. The van der Waals surface area contributed by atoms with Gasteiger partial charge in [0.1, 0.15) is 5.69 Å². The van der Waals surface area contributed by atoms with Crippen molar-refractivity contribution < 1.29 is 4.74 Å². The van der Waals surface area contributed by atoms with Crippen molar-refractivity contribution in [1.82, 2.24) is 25.3 Å². The number of hydrogen-bond acceptors (Lipinski definition) is 8. The van der Waals surface area contributed by atoms with Gasteiger partial charge in [-0.3, -0.25) is 0 Å². The molecule has 3 N–H and O–H groups in total. The summed E-state index contributed by atoms with van der Waals surface area (Å²) in [7, 11) is 1.73. The highest BCUT2D eigenvalue weighted by Crippen LogP contribution is 2.44. The maximum absolute atomic E-state index is 6.41. The zero-order valence-electron chi connectivity index (χ0n) is 18.3. The average molecular weight is 446 g/mol. The predicted octanol–water partition coefficient (Wildman–Crippen LogP) is 3.76. The molecule has 2 saturated carbocycles. The molecule has 4 rings (SSSR count). The Bertz CT molecular complexity index is 869. The van der Waals surface area contributed by atoms with E-state index in [0.717, 1.165) is 45.4 Å². The number of nitrogens with one attached hydrogen (secondary N) is 3. The Morgan fingerprint density at radius 2 is 1.87 bits per heavy atom. The van der Waals surface area contributed by atoms with Gasteiger partial charge in [-0.25, -0.2) is 19.9 Å². The lowest BCUT2D eigenvalue weighted by atomic mass is 9.91. The lowest BCUT2D eigenvalue weighted by Gasteiger charge is -2.29. The number of ether oxygens (including phenoxy) is 1. The molecule has 0 spiro atoms. The van der Waals surface area contributed by atoms with Gasteiger partial charge in [-0.2, -0.15) is 0 Å². The second-order valence-corrected chi connectivity index (χ2v) is 9.37. The van der Waals surface area contributed by atoms with E-state index in [1.807, 2.05) is 6.07 Å². The molecule has 2 aliphatic carbocycles. The van der Waals surface area contributed by atoms with Crippen LogP contribution in [0.15, 0.2) is 18.5 Å². The van der Waals surface area contributed by atoms with Gasteiger partial charge in [0.25, 0.3) is 0 Å². The average Bonchev–Trinajstić information content (AvgIpc) is 3.53. The van der Waals surface area contributed by atoms with Gasteiger partial charge in [0.05, 0.1) is 23.5 Å². The topological polar surface area (TPSA) is 96.9 Å². The number of rotatable bonds is 10. The summed E-state index contributed by atoms with van der Waals surface area (Å²) in [4.78, 5) is 18.0.